The normalized spacial score (nSPS) is 12.0. The number of rotatable bonds is 4. The van der Waals surface area contributed by atoms with Crippen LogP contribution < -0.4 is 0 Å². The molecule has 0 saturated heterocycles. The van der Waals surface area contributed by atoms with Crippen LogP contribution in [0.25, 0.3) is 0 Å². The van der Waals surface area contributed by atoms with Gasteiger partial charge in [-0.1, -0.05) is 18.7 Å². The summed E-state index contributed by atoms with van der Waals surface area (Å²) in [6.45, 7) is 1.65. The zero-order valence-electron chi connectivity index (χ0n) is 5.37. The molecule has 0 rings (SSSR count). The SMILES string of the molecule is CCC(O)(O)SCCO. The summed E-state index contributed by atoms with van der Waals surface area (Å²) in [6, 6.07) is 0. The van der Waals surface area contributed by atoms with Crippen LogP contribution in [0.2, 0.25) is 0 Å². The van der Waals surface area contributed by atoms with E-state index in [0.29, 0.717) is 5.75 Å². The van der Waals surface area contributed by atoms with E-state index in [4.69, 9.17) is 15.3 Å². The van der Waals surface area contributed by atoms with E-state index in [1.54, 1.807) is 6.92 Å². The summed E-state index contributed by atoms with van der Waals surface area (Å²) in [4.78, 5) is 0. The zero-order valence-corrected chi connectivity index (χ0v) is 6.19. The van der Waals surface area contributed by atoms with Crippen LogP contribution in [0.15, 0.2) is 0 Å². The van der Waals surface area contributed by atoms with Crippen molar-refractivity contribution in [2.75, 3.05) is 12.4 Å². The third-order valence-corrected chi connectivity index (χ3v) is 2.02. The molecule has 0 aliphatic carbocycles. The summed E-state index contributed by atoms with van der Waals surface area (Å²) in [5.74, 6) is 0.362. The summed E-state index contributed by atoms with van der Waals surface area (Å²) in [7, 11) is 0. The van der Waals surface area contributed by atoms with E-state index in [0.717, 1.165) is 11.8 Å². The molecule has 0 aromatic carbocycles. The van der Waals surface area contributed by atoms with Crippen molar-refractivity contribution in [2.24, 2.45) is 0 Å². The molecule has 0 heterocycles. The molecule has 0 unspecified atom stereocenters. The molecule has 4 heteroatoms. The van der Waals surface area contributed by atoms with Gasteiger partial charge >= 0.3 is 0 Å². The van der Waals surface area contributed by atoms with Gasteiger partial charge in [0.05, 0.1) is 6.61 Å². The average molecular weight is 152 g/mol. The molecule has 0 saturated carbocycles. The first-order valence-corrected chi connectivity index (χ1v) is 3.80. The molecule has 0 amide bonds. The highest BCUT2D eigenvalue weighted by molar-refractivity contribution is 8.00. The van der Waals surface area contributed by atoms with Crippen molar-refractivity contribution in [3.63, 3.8) is 0 Å². The van der Waals surface area contributed by atoms with Crippen LogP contribution in [0.4, 0.5) is 0 Å². The molecular weight excluding hydrogens is 140 g/mol. The number of aliphatic hydroxyl groups is 3. The van der Waals surface area contributed by atoms with Crippen molar-refractivity contribution < 1.29 is 15.3 Å². The molecule has 0 atom stereocenters. The highest BCUT2D eigenvalue weighted by Crippen LogP contribution is 2.21. The molecule has 0 aromatic heterocycles. The molecule has 0 aliphatic rings. The Labute approximate surface area is 58.7 Å². The van der Waals surface area contributed by atoms with Gasteiger partial charge in [0.25, 0.3) is 0 Å². The van der Waals surface area contributed by atoms with E-state index in [-0.39, 0.29) is 13.0 Å². The molecule has 56 valence electrons. The van der Waals surface area contributed by atoms with Gasteiger partial charge in [0.2, 0.25) is 5.12 Å². The highest BCUT2D eigenvalue weighted by atomic mass is 32.2. The fourth-order valence-corrected chi connectivity index (χ4v) is 0.933. The lowest BCUT2D eigenvalue weighted by Crippen LogP contribution is -2.22. The first kappa shape index (κ1) is 9.23. The van der Waals surface area contributed by atoms with Crippen LogP contribution >= 0.6 is 11.8 Å². The van der Waals surface area contributed by atoms with Gasteiger partial charge in [0, 0.05) is 12.2 Å². The van der Waals surface area contributed by atoms with Crippen LogP contribution in [0.1, 0.15) is 13.3 Å². The molecular formula is C5H12O3S. The van der Waals surface area contributed by atoms with Crippen LogP contribution in [0.5, 0.6) is 0 Å². The smallest absolute Gasteiger partial charge is 0.212 e. The molecule has 3 N–H and O–H groups in total. The molecule has 0 fully saturated rings. The van der Waals surface area contributed by atoms with Gasteiger partial charge in [-0.15, -0.1) is 0 Å². The Bertz CT molecular complexity index is 74.6. The third kappa shape index (κ3) is 4.72. The van der Waals surface area contributed by atoms with Crippen molar-refractivity contribution >= 4 is 11.8 Å². The lowest BCUT2D eigenvalue weighted by molar-refractivity contribution is -0.0776. The Morgan fingerprint density at radius 1 is 1.44 bits per heavy atom. The standard InChI is InChI=1S/C5H12O3S/c1-2-5(7,8)9-4-3-6/h6-8H,2-4H2,1H3. The molecule has 0 aliphatic heterocycles. The van der Waals surface area contributed by atoms with E-state index in [1.807, 2.05) is 0 Å². The Hall–Kier alpha value is 0.230. The largest absolute Gasteiger partial charge is 0.396 e. The van der Waals surface area contributed by atoms with Gasteiger partial charge in [-0.3, -0.25) is 0 Å². The van der Waals surface area contributed by atoms with E-state index in [2.05, 4.69) is 0 Å². The molecule has 0 spiro atoms. The molecule has 0 bridgehead atoms. The van der Waals surface area contributed by atoms with Gasteiger partial charge in [0.1, 0.15) is 0 Å². The summed E-state index contributed by atoms with van der Waals surface area (Å²) >= 11 is 0.940. The number of thioether (sulfide) groups is 1. The van der Waals surface area contributed by atoms with Crippen molar-refractivity contribution in [3.05, 3.63) is 0 Å². The van der Waals surface area contributed by atoms with E-state index in [9.17, 15) is 0 Å². The van der Waals surface area contributed by atoms with Gasteiger partial charge in [-0.2, -0.15) is 0 Å². The maximum atomic E-state index is 8.86. The van der Waals surface area contributed by atoms with Crippen LogP contribution in [0, 0.1) is 0 Å². The monoisotopic (exact) mass is 152 g/mol. The van der Waals surface area contributed by atoms with Gasteiger partial charge in [-0.25, -0.2) is 0 Å². The Morgan fingerprint density at radius 3 is 2.33 bits per heavy atom. The fraction of sp³-hybridized carbons (Fsp3) is 1.00. The van der Waals surface area contributed by atoms with Crippen LogP contribution in [-0.2, 0) is 0 Å². The van der Waals surface area contributed by atoms with Crippen molar-refractivity contribution in [1.29, 1.82) is 0 Å². The Balaban J connectivity index is 3.33. The Kier molecular flexibility index (Phi) is 4.22. The highest BCUT2D eigenvalue weighted by Gasteiger charge is 2.19. The predicted octanol–water partition coefficient (Wildman–Crippen LogP) is -0.240. The molecule has 0 radical (unpaired) electrons. The second-order valence-electron chi connectivity index (χ2n) is 1.67. The van der Waals surface area contributed by atoms with Crippen molar-refractivity contribution in [2.45, 2.75) is 18.5 Å². The van der Waals surface area contributed by atoms with E-state index in [1.165, 1.54) is 0 Å². The first-order valence-electron chi connectivity index (χ1n) is 2.82. The number of aliphatic hydroxyl groups excluding tert-OH is 1. The second-order valence-corrected chi connectivity index (χ2v) is 3.02. The molecule has 0 aromatic rings. The van der Waals surface area contributed by atoms with Gasteiger partial charge in [-0.05, 0) is 0 Å². The minimum atomic E-state index is -1.65. The predicted molar refractivity (Wildman–Crippen MR) is 37.0 cm³/mol. The van der Waals surface area contributed by atoms with Gasteiger partial charge in [0.15, 0.2) is 0 Å². The lowest BCUT2D eigenvalue weighted by Gasteiger charge is -2.17. The van der Waals surface area contributed by atoms with E-state index < -0.39 is 5.12 Å². The van der Waals surface area contributed by atoms with Crippen LogP contribution in [-0.4, -0.2) is 32.8 Å². The number of hydrogen-bond acceptors (Lipinski definition) is 4. The molecule has 3 nitrogen and oxygen atoms in total. The Morgan fingerprint density at radius 2 is 2.00 bits per heavy atom. The summed E-state index contributed by atoms with van der Waals surface area (Å²) < 4.78 is 0. The van der Waals surface area contributed by atoms with Crippen molar-refractivity contribution in [3.8, 4) is 0 Å². The third-order valence-electron chi connectivity index (χ3n) is 0.885. The first-order chi connectivity index (χ1) is 4.12. The fourth-order valence-electron chi connectivity index (χ4n) is 0.311. The maximum absolute atomic E-state index is 8.86. The average Bonchev–Trinajstić information content (AvgIpc) is 1.84. The van der Waals surface area contributed by atoms with Crippen LogP contribution in [0.3, 0.4) is 0 Å². The summed E-state index contributed by atoms with van der Waals surface area (Å²) in [6.07, 6.45) is 0.275. The number of hydrogen-bond donors (Lipinski definition) is 3. The van der Waals surface area contributed by atoms with E-state index >= 15 is 0 Å². The second kappa shape index (κ2) is 4.11. The lowest BCUT2D eigenvalue weighted by atomic mass is 10.5. The quantitative estimate of drug-likeness (QED) is 0.487. The van der Waals surface area contributed by atoms with Crippen molar-refractivity contribution in [1.82, 2.24) is 0 Å². The molecule has 9 heavy (non-hydrogen) atoms. The minimum Gasteiger partial charge on any atom is -0.396 e. The zero-order chi connectivity index (χ0) is 7.33. The minimum absolute atomic E-state index is 0.0203. The van der Waals surface area contributed by atoms with Gasteiger partial charge < -0.3 is 15.3 Å². The topological polar surface area (TPSA) is 60.7 Å². The maximum Gasteiger partial charge on any atom is 0.212 e. The summed E-state index contributed by atoms with van der Waals surface area (Å²) in [5.41, 5.74) is 0. The summed E-state index contributed by atoms with van der Waals surface area (Å²) in [5, 5.41) is 24.4.